The Morgan fingerprint density at radius 1 is 0.590 bits per heavy atom. The molecule has 0 spiro atoms. The lowest BCUT2D eigenvalue weighted by atomic mass is 9.91. The van der Waals surface area contributed by atoms with Crippen LogP contribution in [0.2, 0.25) is 0 Å². The number of aliphatic hydroxyl groups is 2. The monoisotopic (exact) mass is 1220 g/mol. The summed E-state index contributed by atoms with van der Waals surface area (Å²) in [7, 11) is -1.64. The number of rotatable bonds is 22. The Balaban J connectivity index is 0.000000296. The number of aromatic nitrogens is 3. The van der Waals surface area contributed by atoms with E-state index < -0.39 is 10.4 Å². The van der Waals surface area contributed by atoms with Gasteiger partial charge in [0.2, 0.25) is 10.4 Å². The minimum Gasteiger partial charge on any atom is -1.00 e. The van der Waals surface area contributed by atoms with Crippen LogP contribution in [0.4, 0.5) is 51.2 Å². The fourth-order valence-corrected chi connectivity index (χ4v) is 8.40. The molecule has 2 aliphatic rings. The number of hydrogen-bond donors (Lipinski definition) is 3. The van der Waals surface area contributed by atoms with Gasteiger partial charge in [0.1, 0.15) is 20.1 Å². The minimum absolute atomic E-state index is 0. The Bertz CT molecular complexity index is 2730. The lowest BCUT2D eigenvalue weighted by molar-refractivity contribution is -0.697. The summed E-state index contributed by atoms with van der Waals surface area (Å²) in [5, 5.41) is 44.1. The van der Waals surface area contributed by atoms with Crippen LogP contribution in [0, 0.1) is 0 Å². The van der Waals surface area contributed by atoms with Crippen molar-refractivity contribution in [2.45, 2.75) is 104 Å². The van der Waals surface area contributed by atoms with Crippen molar-refractivity contribution in [1.82, 2.24) is 0 Å². The molecule has 18 nitrogen and oxygen atoms in total. The van der Waals surface area contributed by atoms with Crippen LogP contribution in [0.5, 0.6) is 0 Å². The van der Waals surface area contributed by atoms with Crippen LogP contribution in [-0.4, -0.2) is 69.7 Å². The number of hydrogen-bond acceptors (Lipinski definition) is 15. The summed E-state index contributed by atoms with van der Waals surface area (Å²) in [5.41, 5.74) is 16.8. The molecule has 0 amide bonds. The fourth-order valence-electron chi connectivity index (χ4n) is 8.40. The molecule has 6 aromatic rings. The van der Waals surface area contributed by atoms with E-state index in [0.717, 1.165) is 65.7 Å². The van der Waals surface area contributed by atoms with E-state index in [1.807, 2.05) is 102 Å². The lowest BCUT2D eigenvalue weighted by Crippen LogP contribution is -3.00. The van der Waals surface area contributed by atoms with E-state index in [0.29, 0.717) is 13.1 Å². The molecule has 8 rings (SSSR count). The number of aryl methyl sites for hydroxylation is 5. The van der Waals surface area contributed by atoms with E-state index in [4.69, 9.17) is 15.9 Å². The molecule has 0 saturated carbocycles. The molecule has 3 aromatic heterocycles. The standard InChI is InChI=1S/C23H31N4.C21H31N4O2.C12H12N4.CH4O4S.2BrH/c1-2-3-4-5-12-26-15-10-21(11-16-26)24-25-22-17-19-8-6-13-27-14-7-9-20(18-22)23(19)27;1-2-3-4-5-12-24-13-10-20(11-14-24)23-22-19-6-8-21(9-7-19)25(15-17-26)16-18-27;1-16-8-6-12(7-9-16)15-14-11-4-2-10(13)3-5-11;1-5-6(2,3)4;;/h10-11,15-18H,2-9,12-14H2,1H3;6-11,13-14,26-27H,2-5,12,15-18H2,1H3;2-9,13H,1H3;1H3,(H,2,3,4);2*1H/q2*+1;;;;/p-2. The van der Waals surface area contributed by atoms with Gasteiger partial charge in [0.25, 0.3) is 0 Å². The summed E-state index contributed by atoms with van der Waals surface area (Å²) < 4.78 is 37.4. The highest BCUT2D eigenvalue weighted by Gasteiger charge is 2.24. The van der Waals surface area contributed by atoms with Crippen molar-refractivity contribution in [3.05, 3.63) is 145 Å². The second-order valence-corrected chi connectivity index (χ2v) is 19.6. The number of nitrogens with zero attached hydrogens (tertiary/aromatic N) is 11. The zero-order valence-corrected chi connectivity index (χ0v) is 49.5. The first kappa shape index (κ1) is 66.3. The van der Waals surface area contributed by atoms with Gasteiger partial charge in [0.15, 0.2) is 37.2 Å². The molecule has 78 heavy (non-hydrogen) atoms. The summed E-state index contributed by atoms with van der Waals surface area (Å²) in [6.07, 6.45) is 27.2. The molecule has 0 bridgehead atoms. The highest BCUT2D eigenvalue weighted by Crippen LogP contribution is 2.38. The predicted molar refractivity (Wildman–Crippen MR) is 297 cm³/mol. The van der Waals surface area contributed by atoms with Crippen LogP contribution >= 0.6 is 0 Å². The molecule has 0 unspecified atom stereocenters. The lowest BCUT2D eigenvalue weighted by Gasteiger charge is -2.36. The van der Waals surface area contributed by atoms with Crippen molar-refractivity contribution in [2.75, 3.05) is 62.0 Å². The maximum Gasteiger partial charge on any atom is 0.217 e. The molecular weight excluding hydrogens is 1140 g/mol. The number of aliphatic hydroxyl groups excluding tert-OH is 2. The largest absolute Gasteiger partial charge is 1.00 e. The Hall–Kier alpha value is -5.94. The molecule has 5 heterocycles. The second kappa shape index (κ2) is 37.0. The highest BCUT2D eigenvalue weighted by atomic mass is 79.9. The van der Waals surface area contributed by atoms with Crippen LogP contribution < -0.4 is 63.2 Å². The van der Waals surface area contributed by atoms with E-state index in [1.165, 1.54) is 107 Å². The number of benzene rings is 3. The zero-order valence-electron chi connectivity index (χ0n) is 45.5. The number of pyridine rings is 3. The summed E-state index contributed by atoms with van der Waals surface area (Å²) in [5.74, 6) is 0. The SMILES string of the molecule is CCCCCC[n+]1ccc(N=Nc2cc3c4c(c2)CCCN4CCC3)cc1.CCCCCC[n+]1ccc(N=Nc2ccc(N(CCO)CCO)cc2)cc1.COS(=O)(=O)[O-].C[n+]1ccc(N=Nc2ccc(N)cc2)cc1.[Br-].[Br-]. The van der Waals surface area contributed by atoms with Gasteiger partial charge in [0, 0.05) is 92.5 Å². The Labute approximate surface area is 483 Å². The molecule has 0 saturated heterocycles. The Morgan fingerprint density at radius 3 is 1.35 bits per heavy atom. The first-order chi connectivity index (χ1) is 36.9. The van der Waals surface area contributed by atoms with Crippen molar-refractivity contribution in [1.29, 1.82) is 0 Å². The number of nitrogen functional groups attached to an aromatic ring is 1. The average molecular weight is 1220 g/mol. The van der Waals surface area contributed by atoms with E-state index >= 15 is 0 Å². The van der Waals surface area contributed by atoms with Crippen LogP contribution in [-0.2, 0) is 47.6 Å². The van der Waals surface area contributed by atoms with Gasteiger partial charge in [-0.3, -0.25) is 4.18 Å². The van der Waals surface area contributed by atoms with Crippen molar-refractivity contribution in [2.24, 2.45) is 37.7 Å². The second-order valence-electron chi connectivity index (χ2n) is 18.5. The molecular formula is C57H78Br2N12O6S. The molecule has 2 aliphatic heterocycles. The van der Waals surface area contributed by atoms with Crippen molar-refractivity contribution in [3.63, 3.8) is 0 Å². The van der Waals surface area contributed by atoms with Gasteiger partial charge in [-0.15, -0.1) is 0 Å². The normalized spacial score (nSPS) is 12.5. The number of anilines is 3. The van der Waals surface area contributed by atoms with Gasteiger partial charge < -0.3 is 64.3 Å². The molecule has 0 fully saturated rings. The highest BCUT2D eigenvalue weighted by molar-refractivity contribution is 7.80. The van der Waals surface area contributed by atoms with Gasteiger partial charge in [-0.05, 0) is 110 Å². The molecule has 3 aromatic carbocycles. The smallest absolute Gasteiger partial charge is 0.217 e. The van der Waals surface area contributed by atoms with Crippen molar-refractivity contribution in [3.8, 4) is 0 Å². The van der Waals surface area contributed by atoms with E-state index in [-0.39, 0.29) is 47.2 Å². The van der Waals surface area contributed by atoms with E-state index in [2.05, 4.69) is 99.4 Å². The summed E-state index contributed by atoms with van der Waals surface area (Å²) >= 11 is 0. The van der Waals surface area contributed by atoms with Crippen LogP contribution in [0.3, 0.4) is 0 Å². The Kier molecular flexibility index (Phi) is 31.5. The number of halogens is 2. The summed E-state index contributed by atoms with van der Waals surface area (Å²) in [6.45, 7) is 10.1. The quantitative estimate of drug-likeness (QED) is 0.0207. The van der Waals surface area contributed by atoms with Crippen molar-refractivity contribution < 1.29 is 75.0 Å². The maximum absolute atomic E-state index is 9.22. The van der Waals surface area contributed by atoms with Gasteiger partial charge >= 0.3 is 0 Å². The van der Waals surface area contributed by atoms with Gasteiger partial charge in [-0.2, -0.15) is 30.7 Å². The number of azo groups is 3. The maximum atomic E-state index is 9.22. The van der Waals surface area contributed by atoms with Crippen molar-refractivity contribution >= 4 is 61.6 Å². The summed E-state index contributed by atoms with van der Waals surface area (Å²) in [4.78, 5) is 4.49. The number of unbranched alkanes of at least 4 members (excludes halogenated alkanes) is 6. The molecule has 4 N–H and O–H groups in total. The van der Waals surface area contributed by atoms with Gasteiger partial charge in [-0.25, -0.2) is 22.1 Å². The predicted octanol–water partition coefficient (Wildman–Crippen LogP) is 5.04. The molecule has 0 aliphatic carbocycles. The van der Waals surface area contributed by atoms with Crippen LogP contribution in [0.25, 0.3) is 0 Å². The van der Waals surface area contributed by atoms with E-state index in [1.54, 1.807) is 12.1 Å². The fraction of sp³-hybridized carbons (Fsp3) is 0.421. The third kappa shape index (κ3) is 24.8. The molecule has 0 radical (unpaired) electrons. The minimum atomic E-state index is -4.41. The van der Waals surface area contributed by atoms with Crippen LogP contribution in [0.1, 0.15) is 89.2 Å². The van der Waals surface area contributed by atoms with Gasteiger partial charge in [-0.1, -0.05) is 39.5 Å². The molecule has 21 heteroatoms. The summed E-state index contributed by atoms with van der Waals surface area (Å²) in [6, 6.07) is 31.3. The average Bonchev–Trinajstić information content (AvgIpc) is 3.48. The zero-order chi connectivity index (χ0) is 54.4. The Morgan fingerprint density at radius 2 is 0.962 bits per heavy atom. The third-order valence-corrected chi connectivity index (χ3v) is 12.9. The van der Waals surface area contributed by atoms with Crippen LogP contribution in [0.15, 0.2) is 165 Å². The topological polar surface area (TPSA) is 225 Å². The van der Waals surface area contributed by atoms with Gasteiger partial charge in [0.05, 0.1) is 54.4 Å². The first-order valence-corrected chi connectivity index (χ1v) is 27.8. The molecule has 0 atom stereocenters. The third-order valence-electron chi connectivity index (χ3n) is 12.5. The number of nitrogens with two attached hydrogens (primary N) is 1. The molecule has 422 valence electrons. The van der Waals surface area contributed by atoms with E-state index in [9.17, 15) is 13.0 Å². The first-order valence-electron chi connectivity index (χ1n) is 26.4.